The molecule has 0 amide bonds. The molecule has 0 aromatic carbocycles. The molecule has 0 aliphatic heterocycles. The summed E-state index contributed by atoms with van der Waals surface area (Å²) in [6.07, 6.45) is 0. The highest BCUT2D eigenvalue weighted by Crippen LogP contribution is 2.42. The van der Waals surface area contributed by atoms with Crippen LogP contribution in [0, 0.1) is 0 Å². The maximum absolute atomic E-state index is 4.76. The van der Waals surface area contributed by atoms with Crippen LogP contribution in [-0.2, 0) is 17.7 Å². The minimum absolute atomic E-state index is 1.28. The van der Waals surface area contributed by atoms with Gasteiger partial charge < -0.3 is 0 Å². The Kier molecular flexibility index (Phi) is 6.61. The Hall–Kier alpha value is 0.850. The zero-order valence-electron chi connectivity index (χ0n) is 3.84. The smallest absolute Gasteiger partial charge is 0.232 e. The summed E-state index contributed by atoms with van der Waals surface area (Å²) in [5.74, 6) is 0. The number of halogens is 2. The molecule has 0 atom stereocenters. The first-order valence-electron chi connectivity index (χ1n) is 1.43. The fourth-order valence-electron chi connectivity index (χ4n) is 0.0945. The second-order valence-corrected chi connectivity index (χ2v) is 2.30. The fourth-order valence-corrected chi connectivity index (χ4v) is 0.677. The van der Waals surface area contributed by atoms with Gasteiger partial charge >= 0.3 is 8.60 Å². The number of hydrogen-bond donors (Lipinski definition) is 0. The Labute approximate surface area is 57.8 Å². The summed E-state index contributed by atoms with van der Waals surface area (Å²) >= 11 is 9.52. The van der Waals surface area contributed by atoms with Gasteiger partial charge in [0.1, 0.15) is 0 Å². The molecule has 0 spiro atoms. The minimum Gasteiger partial charge on any atom is -0.232 e. The van der Waals surface area contributed by atoms with Crippen LogP contribution >= 0.6 is 32.3 Å². The van der Waals surface area contributed by atoms with Crippen molar-refractivity contribution >= 4 is 32.3 Å². The average molecular weight is 181 g/mol. The minimum atomic E-state index is -1.75. The Morgan fingerprint density at radius 3 is 1.88 bits per heavy atom. The van der Waals surface area contributed by atoms with Gasteiger partial charge in [0.2, 0.25) is 0 Å². The summed E-state index contributed by atoms with van der Waals surface area (Å²) in [5, 5.41) is 0. The third kappa shape index (κ3) is 3.80. The second kappa shape index (κ2) is 5.98. The third-order valence-corrected chi connectivity index (χ3v) is 1.42. The number of hydrogen-bond acceptors (Lipinski definition) is 4. The summed E-state index contributed by atoms with van der Waals surface area (Å²) < 4.78 is 12.1. The Morgan fingerprint density at radius 1 is 1.25 bits per heavy atom. The molecule has 0 radical (unpaired) electrons. The summed E-state index contributed by atoms with van der Waals surface area (Å²) in [6, 6.07) is 0. The van der Waals surface area contributed by atoms with Gasteiger partial charge in [-0.1, -0.05) is 0 Å². The van der Waals surface area contributed by atoms with Crippen LogP contribution in [0.4, 0.5) is 0 Å². The standard InChI is InChI=1S/CH3Cl2O4P/c1-4-7-8(5-2)6-3/h1H3. The largest absolute Gasteiger partial charge is 0.398 e. The monoisotopic (exact) mass is 180 g/mol. The molecule has 0 rings (SSSR count). The van der Waals surface area contributed by atoms with Crippen LogP contribution in [0.15, 0.2) is 0 Å². The molecule has 0 heterocycles. The van der Waals surface area contributed by atoms with Gasteiger partial charge in [-0.3, -0.25) is 0 Å². The average Bonchev–Trinajstić information content (AvgIpc) is 1.83. The Balaban J connectivity index is 3.07. The highest BCUT2D eigenvalue weighted by Gasteiger charge is 2.10. The van der Waals surface area contributed by atoms with Gasteiger partial charge in [0.05, 0.1) is 30.8 Å². The molecule has 0 fully saturated rings. The molecular formula is CH3Cl2O4P. The van der Waals surface area contributed by atoms with Crippen molar-refractivity contribution in [2.45, 2.75) is 0 Å². The van der Waals surface area contributed by atoms with Gasteiger partial charge in [-0.25, -0.2) is 4.89 Å². The second-order valence-electron chi connectivity index (χ2n) is 0.603. The lowest BCUT2D eigenvalue weighted by molar-refractivity contribution is -0.182. The molecule has 0 aromatic heterocycles. The van der Waals surface area contributed by atoms with E-state index in [2.05, 4.69) is 17.7 Å². The van der Waals surface area contributed by atoms with Crippen molar-refractivity contribution in [2.24, 2.45) is 0 Å². The highest BCUT2D eigenvalue weighted by atomic mass is 35.5. The van der Waals surface area contributed by atoms with Crippen molar-refractivity contribution in [2.75, 3.05) is 7.11 Å². The van der Waals surface area contributed by atoms with Crippen LogP contribution in [0.2, 0.25) is 0 Å². The maximum atomic E-state index is 4.76. The predicted molar refractivity (Wildman–Crippen MR) is 28.9 cm³/mol. The molecule has 50 valence electrons. The van der Waals surface area contributed by atoms with Crippen LogP contribution in [0.25, 0.3) is 0 Å². The van der Waals surface area contributed by atoms with Crippen molar-refractivity contribution in [1.82, 2.24) is 0 Å². The van der Waals surface area contributed by atoms with Gasteiger partial charge in [-0.15, -0.1) is 0 Å². The van der Waals surface area contributed by atoms with Crippen LogP contribution in [0.5, 0.6) is 0 Å². The van der Waals surface area contributed by atoms with E-state index in [0.29, 0.717) is 0 Å². The van der Waals surface area contributed by atoms with E-state index in [1.165, 1.54) is 7.11 Å². The molecule has 7 heteroatoms. The van der Waals surface area contributed by atoms with Crippen LogP contribution < -0.4 is 0 Å². The van der Waals surface area contributed by atoms with E-state index in [1.54, 1.807) is 0 Å². The lowest BCUT2D eigenvalue weighted by atomic mass is 11.8. The van der Waals surface area contributed by atoms with E-state index in [9.17, 15) is 0 Å². The van der Waals surface area contributed by atoms with Crippen molar-refractivity contribution in [3.05, 3.63) is 0 Å². The molecule has 0 unspecified atom stereocenters. The van der Waals surface area contributed by atoms with Gasteiger partial charge in [0, 0.05) is 0 Å². The lowest BCUT2D eigenvalue weighted by Crippen LogP contribution is -1.81. The van der Waals surface area contributed by atoms with Crippen LogP contribution in [0.3, 0.4) is 0 Å². The first-order valence-corrected chi connectivity index (χ1v) is 3.14. The van der Waals surface area contributed by atoms with Gasteiger partial charge in [0.25, 0.3) is 0 Å². The SMILES string of the molecule is COOP(OCl)OCl. The quantitative estimate of drug-likeness (QED) is 0.378. The van der Waals surface area contributed by atoms with E-state index < -0.39 is 8.60 Å². The van der Waals surface area contributed by atoms with Gasteiger partial charge in [0.15, 0.2) is 0 Å². The molecule has 8 heavy (non-hydrogen) atoms. The summed E-state index contributed by atoms with van der Waals surface area (Å²) in [7, 11) is -0.469. The molecule has 0 aliphatic carbocycles. The first kappa shape index (κ1) is 8.85. The summed E-state index contributed by atoms with van der Waals surface area (Å²) in [6.45, 7) is 0. The summed E-state index contributed by atoms with van der Waals surface area (Å²) in [5.41, 5.74) is 0. The Bertz CT molecular complexity index is 49.3. The molecular weight excluding hydrogens is 178 g/mol. The molecule has 0 saturated heterocycles. The van der Waals surface area contributed by atoms with Gasteiger partial charge in [-0.05, 0) is 0 Å². The lowest BCUT2D eigenvalue weighted by Gasteiger charge is -2.01. The Morgan fingerprint density at radius 2 is 1.75 bits per heavy atom. The van der Waals surface area contributed by atoms with Crippen molar-refractivity contribution in [3.63, 3.8) is 0 Å². The molecule has 0 aromatic rings. The van der Waals surface area contributed by atoms with E-state index in [4.69, 9.17) is 23.7 Å². The molecule has 0 N–H and O–H groups in total. The third-order valence-electron chi connectivity index (χ3n) is 0.248. The zero-order valence-corrected chi connectivity index (χ0v) is 6.24. The van der Waals surface area contributed by atoms with Crippen LogP contribution in [-0.4, -0.2) is 7.11 Å². The van der Waals surface area contributed by atoms with E-state index in [0.717, 1.165) is 0 Å². The van der Waals surface area contributed by atoms with Crippen LogP contribution in [0.1, 0.15) is 0 Å². The number of rotatable bonds is 4. The van der Waals surface area contributed by atoms with Crippen molar-refractivity contribution in [1.29, 1.82) is 0 Å². The van der Waals surface area contributed by atoms with E-state index >= 15 is 0 Å². The summed E-state index contributed by atoms with van der Waals surface area (Å²) in [4.78, 5) is 4.10. The molecule has 0 bridgehead atoms. The van der Waals surface area contributed by atoms with Gasteiger partial charge in [-0.2, -0.15) is 12.8 Å². The molecule has 0 saturated carbocycles. The zero-order chi connectivity index (χ0) is 6.41. The fraction of sp³-hybridized carbons (Fsp3) is 1.00. The van der Waals surface area contributed by atoms with E-state index in [1.807, 2.05) is 0 Å². The van der Waals surface area contributed by atoms with Crippen molar-refractivity contribution in [3.8, 4) is 0 Å². The highest BCUT2D eigenvalue weighted by molar-refractivity contribution is 7.43. The predicted octanol–water partition coefficient (Wildman–Crippen LogP) is 2.13. The maximum Gasteiger partial charge on any atom is 0.398 e. The normalized spacial score (nSPS) is 10.5. The first-order chi connectivity index (χ1) is 3.85. The van der Waals surface area contributed by atoms with E-state index in [-0.39, 0.29) is 0 Å². The van der Waals surface area contributed by atoms with Crippen molar-refractivity contribution < 1.29 is 17.7 Å². The molecule has 4 nitrogen and oxygen atoms in total. The topological polar surface area (TPSA) is 36.9 Å². The molecule has 0 aliphatic rings.